The Morgan fingerprint density at radius 3 is 2.52 bits per heavy atom. The fourth-order valence-electron chi connectivity index (χ4n) is 2.81. The molecule has 0 unspecified atom stereocenters. The van der Waals surface area contributed by atoms with Crippen molar-refractivity contribution in [3.8, 4) is 11.4 Å². The third kappa shape index (κ3) is 4.44. The largest absolute Gasteiger partial charge is 0.439 e. The van der Waals surface area contributed by atoms with Crippen LogP contribution in [0.3, 0.4) is 0 Å². The molecule has 1 amide bonds. The van der Waals surface area contributed by atoms with Crippen LogP contribution in [0.2, 0.25) is 0 Å². The van der Waals surface area contributed by atoms with Crippen LogP contribution in [-0.4, -0.2) is 41.9 Å². The number of aromatic nitrogens is 2. The summed E-state index contributed by atoms with van der Waals surface area (Å²) in [6.45, 7) is 4.19. The Hall–Kier alpha value is -3.24. The number of H-pyrrole nitrogens is 1. The maximum atomic E-state index is 12.7. The van der Waals surface area contributed by atoms with Crippen LogP contribution in [0, 0.1) is 0 Å². The van der Waals surface area contributed by atoms with Gasteiger partial charge in [0.2, 0.25) is 10.0 Å². The highest BCUT2D eigenvalue weighted by molar-refractivity contribution is 7.89. The first kappa shape index (κ1) is 20.5. The molecule has 0 aliphatic heterocycles. The molecule has 0 atom stereocenters. The maximum absolute atomic E-state index is 12.7. The van der Waals surface area contributed by atoms with Gasteiger partial charge in [-0.05, 0) is 30.3 Å². The molecule has 3 rings (SSSR count). The van der Waals surface area contributed by atoms with E-state index >= 15 is 0 Å². The van der Waals surface area contributed by atoms with Crippen LogP contribution in [0.5, 0.6) is 0 Å². The molecule has 3 aromatic rings. The van der Waals surface area contributed by atoms with Gasteiger partial charge >= 0.3 is 5.76 Å². The first-order valence-corrected chi connectivity index (χ1v) is 10.4. The summed E-state index contributed by atoms with van der Waals surface area (Å²) in [5.74, 6) is -0.911. The number of amides is 1. The third-order valence-corrected chi connectivity index (χ3v) is 6.32. The highest BCUT2D eigenvalue weighted by Gasteiger charge is 2.22. The first-order chi connectivity index (χ1) is 13.8. The van der Waals surface area contributed by atoms with Gasteiger partial charge in [-0.15, -0.1) is 0 Å². The number of hydrogen-bond donors (Lipinski definition) is 2. The molecule has 0 spiro atoms. The molecular formula is C19H20N4O5S. The van der Waals surface area contributed by atoms with E-state index in [0.29, 0.717) is 24.3 Å². The summed E-state index contributed by atoms with van der Waals surface area (Å²) in [6, 6.07) is 12.5. The number of carbonyl (C=O) groups excluding carboxylic acids is 1. The Balaban J connectivity index is 1.84. The SMILES string of the molecule is CCN(CC)S(=O)(=O)c1cccc(C(=O)Nc2cccc(-c3noc(=O)[nH]3)c2)c1. The number of aromatic amines is 1. The monoisotopic (exact) mass is 416 g/mol. The van der Waals surface area contributed by atoms with Crippen molar-refractivity contribution in [1.29, 1.82) is 0 Å². The number of hydrogen-bond acceptors (Lipinski definition) is 6. The van der Waals surface area contributed by atoms with Gasteiger partial charge in [0.1, 0.15) is 0 Å². The Morgan fingerprint density at radius 1 is 1.14 bits per heavy atom. The summed E-state index contributed by atoms with van der Waals surface area (Å²) in [4.78, 5) is 26.2. The number of benzene rings is 2. The van der Waals surface area contributed by atoms with E-state index < -0.39 is 21.7 Å². The third-order valence-electron chi connectivity index (χ3n) is 4.27. The molecule has 0 radical (unpaired) electrons. The van der Waals surface area contributed by atoms with E-state index in [1.165, 1.54) is 28.6 Å². The Kier molecular flexibility index (Phi) is 5.95. The Morgan fingerprint density at radius 2 is 1.86 bits per heavy atom. The molecule has 29 heavy (non-hydrogen) atoms. The second-order valence-corrected chi connectivity index (χ2v) is 8.03. The van der Waals surface area contributed by atoms with Crippen LogP contribution >= 0.6 is 0 Å². The quantitative estimate of drug-likeness (QED) is 0.609. The van der Waals surface area contributed by atoms with Crippen molar-refractivity contribution >= 4 is 21.6 Å². The van der Waals surface area contributed by atoms with Crippen molar-refractivity contribution in [2.24, 2.45) is 0 Å². The smallest absolute Gasteiger partial charge is 0.322 e. The average molecular weight is 416 g/mol. The van der Waals surface area contributed by atoms with Crippen molar-refractivity contribution in [3.63, 3.8) is 0 Å². The van der Waals surface area contributed by atoms with Crippen LogP contribution in [-0.2, 0) is 10.0 Å². The van der Waals surface area contributed by atoms with Gasteiger partial charge in [0, 0.05) is 29.9 Å². The fourth-order valence-corrected chi connectivity index (χ4v) is 4.32. The first-order valence-electron chi connectivity index (χ1n) is 8.93. The molecule has 2 N–H and O–H groups in total. The summed E-state index contributed by atoms with van der Waals surface area (Å²) in [5.41, 5.74) is 1.21. The van der Waals surface area contributed by atoms with E-state index in [4.69, 9.17) is 0 Å². The van der Waals surface area contributed by atoms with E-state index in [1.807, 2.05) is 0 Å². The molecule has 0 saturated carbocycles. The van der Waals surface area contributed by atoms with Crippen LogP contribution < -0.4 is 11.1 Å². The minimum atomic E-state index is -3.67. The number of anilines is 1. The van der Waals surface area contributed by atoms with Crippen molar-refractivity contribution in [2.75, 3.05) is 18.4 Å². The lowest BCUT2D eigenvalue weighted by Gasteiger charge is -2.18. The summed E-state index contributed by atoms with van der Waals surface area (Å²) in [5, 5.41) is 6.32. The van der Waals surface area contributed by atoms with Gasteiger partial charge in [0.25, 0.3) is 5.91 Å². The molecular weight excluding hydrogens is 396 g/mol. The van der Waals surface area contributed by atoms with Crippen molar-refractivity contribution in [2.45, 2.75) is 18.7 Å². The van der Waals surface area contributed by atoms with Gasteiger partial charge in [-0.2, -0.15) is 4.31 Å². The van der Waals surface area contributed by atoms with Gasteiger partial charge in [-0.25, -0.2) is 13.2 Å². The standard InChI is InChI=1S/C19H20N4O5S/c1-3-23(4-2)29(26,27)16-10-6-8-14(12-16)18(24)20-15-9-5-7-13(11-15)17-21-19(25)28-22-17/h5-12H,3-4H2,1-2H3,(H,20,24)(H,21,22,25). The van der Waals surface area contributed by atoms with E-state index in [-0.39, 0.29) is 16.3 Å². The zero-order chi connectivity index (χ0) is 21.0. The number of rotatable bonds is 7. The van der Waals surface area contributed by atoms with E-state index in [1.54, 1.807) is 38.1 Å². The van der Waals surface area contributed by atoms with Gasteiger partial charge in [0.15, 0.2) is 5.82 Å². The predicted molar refractivity (Wildman–Crippen MR) is 107 cm³/mol. The minimum Gasteiger partial charge on any atom is -0.322 e. The Bertz CT molecular complexity index is 1180. The molecule has 0 fully saturated rings. The summed E-state index contributed by atoms with van der Waals surface area (Å²) >= 11 is 0. The van der Waals surface area contributed by atoms with Crippen LogP contribution in [0.25, 0.3) is 11.4 Å². The highest BCUT2D eigenvalue weighted by Crippen LogP contribution is 2.21. The highest BCUT2D eigenvalue weighted by atomic mass is 32.2. The number of carbonyl (C=O) groups is 1. The van der Waals surface area contributed by atoms with Gasteiger partial charge < -0.3 is 5.32 Å². The number of sulfonamides is 1. The number of nitrogens with one attached hydrogen (secondary N) is 2. The van der Waals surface area contributed by atoms with Crippen molar-refractivity contribution in [1.82, 2.24) is 14.4 Å². The minimum absolute atomic E-state index is 0.0581. The summed E-state index contributed by atoms with van der Waals surface area (Å²) < 4.78 is 31.2. The molecule has 0 aliphatic carbocycles. The lowest BCUT2D eigenvalue weighted by Crippen LogP contribution is -2.30. The van der Waals surface area contributed by atoms with E-state index in [0.717, 1.165) is 0 Å². The topological polar surface area (TPSA) is 125 Å². The molecule has 2 aromatic carbocycles. The zero-order valence-electron chi connectivity index (χ0n) is 15.9. The second-order valence-electron chi connectivity index (χ2n) is 6.10. The molecule has 1 heterocycles. The molecule has 10 heteroatoms. The normalized spacial score (nSPS) is 11.6. The lowest BCUT2D eigenvalue weighted by atomic mass is 10.1. The average Bonchev–Trinajstić information content (AvgIpc) is 3.15. The molecule has 1 aromatic heterocycles. The van der Waals surface area contributed by atoms with Crippen molar-refractivity contribution < 1.29 is 17.7 Å². The summed E-state index contributed by atoms with van der Waals surface area (Å²) in [7, 11) is -3.67. The fraction of sp³-hybridized carbons (Fsp3) is 0.211. The van der Waals surface area contributed by atoms with E-state index in [2.05, 4.69) is 20.0 Å². The molecule has 152 valence electrons. The predicted octanol–water partition coefficient (Wildman–Crippen LogP) is 2.31. The maximum Gasteiger partial charge on any atom is 0.439 e. The lowest BCUT2D eigenvalue weighted by molar-refractivity contribution is 0.102. The molecule has 0 bridgehead atoms. The molecule has 9 nitrogen and oxygen atoms in total. The van der Waals surface area contributed by atoms with Crippen LogP contribution in [0.15, 0.2) is 62.7 Å². The van der Waals surface area contributed by atoms with Gasteiger partial charge in [-0.1, -0.05) is 37.2 Å². The second kappa shape index (κ2) is 8.41. The Labute approximate surface area is 167 Å². The van der Waals surface area contributed by atoms with E-state index in [9.17, 15) is 18.0 Å². The van der Waals surface area contributed by atoms with Crippen LogP contribution in [0.4, 0.5) is 5.69 Å². The molecule has 0 aliphatic rings. The van der Waals surface area contributed by atoms with Crippen LogP contribution in [0.1, 0.15) is 24.2 Å². The zero-order valence-corrected chi connectivity index (χ0v) is 16.7. The van der Waals surface area contributed by atoms with Gasteiger partial charge in [0.05, 0.1) is 4.90 Å². The number of nitrogens with zero attached hydrogens (tertiary/aromatic N) is 2. The summed E-state index contributed by atoms with van der Waals surface area (Å²) in [6.07, 6.45) is 0. The van der Waals surface area contributed by atoms with Gasteiger partial charge in [-0.3, -0.25) is 14.3 Å². The van der Waals surface area contributed by atoms with Crippen molar-refractivity contribution in [3.05, 3.63) is 64.6 Å². The molecule has 0 saturated heterocycles.